The zero-order valence-electron chi connectivity index (χ0n) is 18.5. The quantitative estimate of drug-likeness (QED) is 0.779. The van der Waals surface area contributed by atoms with Gasteiger partial charge in [-0.1, -0.05) is 6.07 Å². The maximum atomic E-state index is 13.2. The van der Waals surface area contributed by atoms with E-state index in [-0.39, 0.29) is 11.8 Å². The third-order valence-corrected chi connectivity index (χ3v) is 8.26. The number of carbonyl (C=O) groups excluding carboxylic acids is 1. The van der Waals surface area contributed by atoms with Crippen molar-refractivity contribution >= 4 is 21.7 Å². The van der Waals surface area contributed by atoms with Gasteiger partial charge in [-0.05, 0) is 49.9 Å². The van der Waals surface area contributed by atoms with Crippen molar-refractivity contribution in [2.45, 2.75) is 51.0 Å². The summed E-state index contributed by atoms with van der Waals surface area (Å²) in [4.78, 5) is 23.5. The Labute approximate surface area is 183 Å². The molecule has 166 valence electrons. The van der Waals surface area contributed by atoms with Crippen LogP contribution in [0.4, 0.5) is 5.82 Å². The molecule has 0 saturated carbocycles. The second kappa shape index (κ2) is 8.20. The van der Waals surface area contributed by atoms with Gasteiger partial charge in [-0.15, -0.1) is 0 Å². The van der Waals surface area contributed by atoms with E-state index in [1.807, 2.05) is 27.0 Å². The first kappa shape index (κ1) is 21.7. The van der Waals surface area contributed by atoms with Crippen molar-refractivity contribution in [3.8, 4) is 0 Å². The van der Waals surface area contributed by atoms with Gasteiger partial charge in [-0.2, -0.15) is 4.31 Å². The van der Waals surface area contributed by atoms with Crippen LogP contribution in [0.25, 0.3) is 0 Å². The van der Waals surface area contributed by atoms with E-state index in [4.69, 9.17) is 9.97 Å². The molecule has 0 bridgehead atoms. The number of amides is 1. The summed E-state index contributed by atoms with van der Waals surface area (Å²) in [5.41, 5.74) is 3.93. The summed E-state index contributed by atoms with van der Waals surface area (Å²) in [5, 5.41) is 3.16. The number of benzene rings is 1. The highest BCUT2D eigenvalue weighted by molar-refractivity contribution is 7.89. The lowest BCUT2D eigenvalue weighted by molar-refractivity contribution is -0.129. The molecule has 9 heteroatoms. The van der Waals surface area contributed by atoms with Crippen LogP contribution in [0.2, 0.25) is 0 Å². The molecule has 1 atom stereocenters. The molecular formula is C22H29N5O3S. The van der Waals surface area contributed by atoms with Gasteiger partial charge in [-0.3, -0.25) is 4.79 Å². The van der Waals surface area contributed by atoms with Gasteiger partial charge in [-0.25, -0.2) is 18.4 Å². The molecule has 4 rings (SSSR count). The predicted molar refractivity (Wildman–Crippen MR) is 118 cm³/mol. The number of hydrogen-bond donors (Lipinski definition) is 1. The number of fused-ring (bicyclic) bond motifs is 1. The van der Waals surface area contributed by atoms with Crippen LogP contribution in [0.1, 0.15) is 47.5 Å². The highest BCUT2D eigenvalue weighted by atomic mass is 32.2. The Balaban J connectivity index is 1.60. The largest absolute Gasteiger partial charge is 0.373 e. The van der Waals surface area contributed by atoms with E-state index in [0.717, 1.165) is 28.2 Å². The Morgan fingerprint density at radius 3 is 2.61 bits per heavy atom. The third kappa shape index (κ3) is 4.04. The summed E-state index contributed by atoms with van der Waals surface area (Å²) in [5.74, 6) is 1.37. The van der Waals surface area contributed by atoms with E-state index in [0.29, 0.717) is 49.7 Å². The lowest BCUT2D eigenvalue weighted by Gasteiger charge is -2.29. The minimum absolute atomic E-state index is 0.0309. The van der Waals surface area contributed by atoms with Gasteiger partial charge >= 0.3 is 0 Å². The molecule has 0 aliphatic carbocycles. The zero-order valence-corrected chi connectivity index (χ0v) is 19.3. The predicted octanol–water partition coefficient (Wildman–Crippen LogP) is 2.22. The summed E-state index contributed by atoms with van der Waals surface area (Å²) in [6.07, 6.45) is 1.38. The van der Waals surface area contributed by atoms with Crippen molar-refractivity contribution in [1.82, 2.24) is 19.2 Å². The van der Waals surface area contributed by atoms with Crippen molar-refractivity contribution in [1.29, 1.82) is 0 Å². The molecule has 1 N–H and O–H groups in total. The first-order valence-corrected chi connectivity index (χ1v) is 12.0. The third-order valence-electron chi connectivity index (χ3n) is 6.40. The van der Waals surface area contributed by atoms with Crippen LogP contribution >= 0.6 is 0 Å². The molecule has 8 nitrogen and oxygen atoms in total. The molecular weight excluding hydrogens is 414 g/mol. The molecule has 0 spiro atoms. The van der Waals surface area contributed by atoms with Crippen LogP contribution in [-0.2, 0) is 27.8 Å². The topological polar surface area (TPSA) is 95.5 Å². The molecule has 31 heavy (non-hydrogen) atoms. The number of aromatic nitrogens is 2. The summed E-state index contributed by atoms with van der Waals surface area (Å²) in [6.45, 7) is 7.38. The number of nitrogens with zero attached hydrogens (tertiary/aromatic N) is 4. The van der Waals surface area contributed by atoms with Gasteiger partial charge in [0.25, 0.3) is 0 Å². The molecule has 2 aromatic rings. The average Bonchev–Trinajstić information content (AvgIpc) is 3.25. The molecule has 2 aliphatic rings. The van der Waals surface area contributed by atoms with E-state index in [1.54, 1.807) is 24.0 Å². The fourth-order valence-electron chi connectivity index (χ4n) is 4.29. The number of aryl methyl sites for hydroxylation is 2. The first-order valence-electron chi connectivity index (χ1n) is 10.6. The number of anilines is 1. The van der Waals surface area contributed by atoms with Crippen LogP contribution in [0.15, 0.2) is 23.1 Å². The van der Waals surface area contributed by atoms with E-state index >= 15 is 0 Å². The summed E-state index contributed by atoms with van der Waals surface area (Å²) < 4.78 is 27.9. The van der Waals surface area contributed by atoms with Gasteiger partial charge in [0.15, 0.2) is 0 Å². The number of carbonyl (C=O) groups is 1. The van der Waals surface area contributed by atoms with Gasteiger partial charge in [0.1, 0.15) is 11.6 Å². The molecule has 3 heterocycles. The Kier molecular flexibility index (Phi) is 5.74. The van der Waals surface area contributed by atoms with Gasteiger partial charge in [0.05, 0.1) is 17.1 Å². The molecule has 0 unspecified atom stereocenters. The minimum Gasteiger partial charge on any atom is -0.373 e. The van der Waals surface area contributed by atoms with Gasteiger partial charge in [0, 0.05) is 45.1 Å². The van der Waals surface area contributed by atoms with Crippen molar-refractivity contribution in [3.05, 3.63) is 46.4 Å². The Bertz CT molecular complexity index is 1130. The lowest BCUT2D eigenvalue weighted by Crippen LogP contribution is -2.35. The van der Waals surface area contributed by atoms with E-state index in [2.05, 4.69) is 5.32 Å². The van der Waals surface area contributed by atoms with Crippen LogP contribution in [0.5, 0.6) is 0 Å². The maximum Gasteiger partial charge on any atom is 0.243 e. The summed E-state index contributed by atoms with van der Waals surface area (Å²) >= 11 is 0. The van der Waals surface area contributed by atoms with E-state index in [1.165, 1.54) is 4.31 Å². The number of nitrogens with one attached hydrogen (secondary N) is 1. The number of hydrogen-bond acceptors (Lipinski definition) is 6. The molecule has 1 aromatic carbocycles. The van der Waals surface area contributed by atoms with Gasteiger partial charge in [0.2, 0.25) is 15.9 Å². The second-order valence-corrected chi connectivity index (χ2v) is 10.3. The van der Waals surface area contributed by atoms with Crippen molar-refractivity contribution < 1.29 is 13.2 Å². The normalized spacial score (nSPS) is 19.4. The number of sulfonamides is 1. The van der Waals surface area contributed by atoms with Crippen molar-refractivity contribution in [2.24, 2.45) is 0 Å². The number of rotatable bonds is 4. The monoisotopic (exact) mass is 443 g/mol. The summed E-state index contributed by atoms with van der Waals surface area (Å²) in [6, 6.07) is 5.26. The first-order chi connectivity index (χ1) is 14.7. The Morgan fingerprint density at radius 2 is 1.94 bits per heavy atom. The highest BCUT2D eigenvalue weighted by Gasteiger charge is 2.35. The van der Waals surface area contributed by atoms with Gasteiger partial charge < -0.3 is 10.2 Å². The van der Waals surface area contributed by atoms with Crippen LogP contribution in [0.3, 0.4) is 0 Å². The standard InChI is InChI=1S/C22H29N5O3S/c1-14-5-6-18(11-15(14)2)31(29,30)27-10-7-17(12-27)21-24-20-13-26(16(3)28)9-8-19(20)22(23-4)25-21/h5-6,11,17H,7-10,12-13H2,1-4H3,(H,23,24,25)/t17-/m0/s1. The van der Waals surface area contributed by atoms with Crippen LogP contribution in [-0.4, -0.2) is 60.2 Å². The Hall–Kier alpha value is -2.52. The molecule has 2 aliphatic heterocycles. The molecule has 1 amide bonds. The molecule has 1 fully saturated rings. The van der Waals surface area contributed by atoms with Crippen molar-refractivity contribution in [2.75, 3.05) is 32.0 Å². The van der Waals surface area contributed by atoms with Crippen LogP contribution in [0, 0.1) is 13.8 Å². The van der Waals surface area contributed by atoms with Crippen molar-refractivity contribution in [3.63, 3.8) is 0 Å². The van der Waals surface area contributed by atoms with Crippen LogP contribution < -0.4 is 5.32 Å². The molecule has 0 radical (unpaired) electrons. The highest BCUT2D eigenvalue weighted by Crippen LogP contribution is 2.32. The fraction of sp³-hybridized carbons (Fsp3) is 0.500. The molecule has 1 aromatic heterocycles. The van der Waals surface area contributed by atoms with E-state index < -0.39 is 10.0 Å². The fourth-order valence-corrected chi connectivity index (χ4v) is 5.87. The maximum absolute atomic E-state index is 13.2. The van der Waals surface area contributed by atoms with E-state index in [9.17, 15) is 13.2 Å². The lowest BCUT2D eigenvalue weighted by atomic mass is 10.0. The Morgan fingerprint density at radius 1 is 1.16 bits per heavy atom. The second-order valence-electron chi connectivity index (χ2n) is 8.39. The smallest absolute Gasteiger partial charge is 0.243 e. The minimum atomic E-state index is -3.56. The molecule has 1 saturated heterocycles. The SMILES string of the molecule is CNc1nc([C@H]2CCN(S(=O)(=O)c3ccc(C)c(C)c3)C2)nc2c1CCN(C(C)=O)C2. The average molecular weight is 444 g/mol. The summed E-state index contributed by atoms with van der Waals surface area (Å²) in [7, 11) is -1.73. The zero-order chi connectivity index (χ0) is 22.3.